The Hall–Kier alpha value is -2.94. The molecular formula is C24H26N2O5S. The van der Waals surface area contributed by atoms with E-state index in [2.05, 4.69) is 0 Å². The van der Waals surface area contributed by atoms with Gasteiger partial charge in [-0.1, -0.05) is 54.6 Å². The van der Waals surface area contributed by atoms with Crippen LogP contribution < -0.4 is 4.74 Å². The molecule has 1 atom stereocenters. The van der Waals surface area contributed by atoms with E-state index >= 15 is 0 Å². The number of carbonyl (C=O) groups is 1. The topological polar surface area (TPSA) is 87.2 Å². The molecule has 1 aliphatic heterocycles. The van der Waals surface area contributed by atoms with Gasteiger partial charge in [-0.25, -0.2) is 8.42 Å². The standard InChI is InChI=1S/C24H26N2O5S/c27-24(28)22(13-18-31-20-9-2-1-3-10-20)25-14-16-26(17-15-25)32(29,30)23-12-6-8-19-7-4-5-11-21(19)23/h1-12,22H,13-18H2,(H,27,28). The molecule has 1 saturated heterocycles. The maximum Gasteiger partial charge on any atom is 0.321 e. The van der Waals surface area contributed by atoms with Gasteiger partial charge >= 0.3 is 5.97 Å². The third-order valence-electron chi connectivity index (χ3n) is 5.77. The number of benzene rings is 3. The first-order valence-electron chi connectivity index (χ1n) is 10.6. The maximum atomic E-state index is 13.3. The third-order valence-corrected chi connectivity index (χ3v) is 7.73. The number of rotatable bonds is 8. The predicted octanol–water partition coefficient (Wildman–Crippen LogP) is 3.07. The molecule has 0 spiro atoms. The second-order valence-corrected chi connectivity index (χ2v) is 9.63. The number of piperazine rings is 1. The number of hydrogen-bond acceptors (Lipinski definition) is 5. The van der Waals surface area contributed by atoms with Crippen molar-refractivity contribution in [3.63, 3.8) is 0 Å². The van der Waals surface area contributed by atoms with E-state index < -0.39 is 22.0 Å². The first-order chi connectivity index (χ1) is 15.5. The van der Waals surface area contributed by atoms with Gasteiger partial charge in [0.15, 0.2) is 0 Å². The van der Waals surface area contributed by atoms with Crippen LogP contribution in [0, 0.1) is 0 Å². The highest BCUT2D eigenvalue weighted by molar-refractivity contribution is 7.89. The zero-order valence-corrected chi connectivity index (χ0v) is 18.4. The summed E-state index contributed by atoms with van der Waals surface area (Å²) in [5.41, 5.74) is 0. The summed E-state index contributed by atoms with van der Waals surface area (Å²) in [6, 6.07) is 21.2. The van der Waals surface area contributed by atoms with Gasteiger partial charge < -0.3 is 9.84 Å². The van der Waals surface area contributed by atoms with E-state index in [1.54, 1.807) is 12.1 Å². The van der Waals surface area contributed by atoms with Gasteiger partial charge in [0.25, 0.3) is 0 Å². The average Bonchev–Trinajstić information content (AvgIpc) is 2.82. The molecule has 1 N–H and O–H groups in total. The molecule has 3 aromatic carbocycles. The fraction of sp³-hybridized carbons (Fsp3) is 0.292. The van der Waals surface area contributed by atoms with Crippen molar-refractivity contribution >= 4 is 26.8 Å². The fourth-order valence-corrected chi connectivity index (χ4v) is 5.72. The lowest BCUT2D eigenvalue weighted by Gasteiger charge is -2.37. The summed E-state index contributed by atoms with van der Waals surface area (Å²) >= 11 is 0. The van der Waals surface area contributed by atoms with Crippen LogP contribution in [0.2, 0.25) is 0 Å². The van der Waals surface area contributed by atoms with E-state index in [1.807, 2.05) is 65.6 Å². The molecule has 1 fully saturated rings. The van der Waals surface area contributed by atoms with Crippen LogP contribution in [-0.4, -0.2) is 67.5 Å². The van der Waals surface area contributed by atoms with E-state index in [4.69, 9.17) is 4.74 Å². The van der Waals surface area contributed by atoms with Crippen LogP contribution in [0.3, 0.4) is 0 Å². The predicted molar refractivity (Wildman–Crippen MR) is 122 cm³/mol. The average molecular weight is 455 g/mol. The van der Waals surface area contributed by atoms with Crippen LogP contribution in [0.1, 0.15) is 6.42 Å². The van der Waals surface area contributed by atoms with Crippen molar-refractivity contribution in [3.8, 4) is 5.75 Å². The molecule has 1 heterocycles. The highest BCUT2D eigenvalue weighted by Crippen LogP contribution is 2.26. The van der Waals surface area contributed by atoms with Crippen LogP contribution in [0.15, 0.2) is 77.7 Å². The zero-order chi connectivity index (χ0) is 22.6. The van der Waals surface area contributed by atoms with Gasteiger partial charge in [0, 0.05) is 38.0 Å². The van der Waals surface area contributed by atoms with Crippen molar-refractivity contribution in [2.24, 2.45) is 0 Å². The monoisotopic (exact) mass is 454 g/mol. The van der Waals surface area contributed by atoms with E-state index in [1.165, 1.54) is 4.31 Å². The molecule has 0 bridgehead atoms. The molecule has 4 rings (SSSR count). The number of carboxylic acid groups (broad SMARTS) is 1. The molecule has 8 heteroatoms. The molecule has 0 aromatic heterocycles. The minimum absolute atomic E-state index is 0.245. The molecule has 1 aliphatic rings. The van der Waals surface area contributed by atoms with Crippen molar-refractivity contribution in [2.75, 3.05) is 32.8 Å². The van der Waals surface area contributed by atoms with E-state index in [0.29, 0.717) is 30.6 Å². The zero-order valence-electron chi connectivity index (χ0n) is 17.6. The number of nitrogens with zero attached hydrogens (tertiary/aromatic N) is 2. The fourth-order valence-electron chi connectivity index (χ4n) is 4.08. The van der Waals surface area contributed by atoms with Crippen LogP contribution in [-0.2, 0) is 14.8 Å². The largest absolute Gasteiger partial charge is 0.494 e. The SMILES string of the molecule is O=C(O)C(CCOc1ccccc1)N1CCN(S(=O)(=O)c2cccc3ccccc23)CC1. The quantitative estimate of drug-likeness (QED) is 0.563. The Kier molecular flexibility index (Phi) is 6.74. The highest BCUT2D eigenvalue weighted by Gasteiger charge is 2.34. The van der Waals surface area contributed by atoms with E-state index in [0.717, 1.165) is 5.39 Å². The second kappa shape index (κ2) is 9.68. The number of hydrogen-bond donors (Lipinski definition) is 1. The van der Waals surface area contributed by atoms with Crippen LogP contribution >= 0.6 is 0 Å². The number of sulfonamides is 1. The smallest absolute Gasteiger partial charge is 0.321 e. The van der Waals surface area contributed by atoms with Gasteiger partial charge in [0.1, 0.15) is 11.8 Å². The van der Waals surface area contributed by atoms with Gasteiger partial charge in [0.2, 0.25) is 10.0 Å². The number of fused-ring (bicyclic) bond motifs is 1. The molecule has 1 unspecified atom stereocenters. The lowest BCUT2D eigenvalue weighted by molar-refractivity contribution is -0.144. The van der Waals surface area contributed by atoms with E-state index in [-0.39, 0.29) is 24.6 Å². The summed E-state index contributed by atoms with van der Waals surface area (Å²) in [5.74, 6) is -0.227. The molecule has 3 aromatic rings. The molecule has 0 aliphatic carbocycles. The summed E-state index contributed by atoms with van der Waals surface area (Å²) in [4.78, 5) is 14.0. The van der Waals surface area contributed by atoms with Gasteiger partial charge in [-0.2, -0.15) is 4.31 Å². The van der Waals surface area contributed by atoms with Crippen molar-refractivity contribution in [1.82, 2.24) is 9.21 Å². The molecule has 168 valence electrons. The van der Waals surface area contributed by atoms with Crippen molar-refractivity contribution < 1.29 is 23.1 Å². The van der Waals surface area contributed by atoms with Crippen molar-refractivity contribution in [2.45, 2.75) is 17.4 Å². The lowest BCUT2D eigenvalue weighted by Crippen LogP contribution is -2.54. The minimum Gasteiger partial charge on any atom is -0.494 e. The molecule has 0 amide bonds. The maximum absolute atomic E-state index is 13.3. The Morgan fingerprint density at radius 2 is 1.56 bits per heavy atom. The molecule has 0 saturated carbocycles. The van der Waals surface area contributed by atoms with Crippen LogP contribution in [0.5, 0.6) is 5.75 Å². The van der Waals surface area contributed by atoms with E-state index in [9.17, 15) is 18.3 Å². The van der Waals surface area contributed by atoms with Gasteiger partial charge in [-0.3, -0.25) is 9.69 Å². The van der Waals surface area contributed by atoms with Gasteiger partial charge in [-0.05, 0) is 23.6 Å². The summed E-state index contributed by atoms with van der Waals surface area (Å²) < 4.78 is 33.7. The number of aliphatic carboxylic acids is 1. The first kappa shape index (κ1) is 22.3. The molecule has 7 nitrogen and oxygen atoms in total. The number of carboxylic acids is 1. The highest BCUT2D eigenvalue weighted by atomic mass is 32.2. The van der Waals surface area contributed by atoms with Gasteiger partial charge in [0.05, 0.1) is 11.5 Å². The summed E-state index contributed by atoms with van der Waals surface area (Å²) in [7, 11) is -3.68. The molecular weight excluding hydrogens is 428 g/mol. The van der Waals surface area contributed by atoms with Gasteiger partial charge in [-0.15, -0.1) is 0 Å². The summed E-state index contributed by atoms with van der Waals surface area (Å²) in [6.07, 6.45) is 0.320. The summed E-state index contributed by atoms with van der Waals surface area (Å²) in [6.45, 7) is 1.47. The second-order valence-electron chi connectivity index (χ2n) is 7.72. The first-order valence-corrected chi connectivity index (χ1v) is 12.0. The number of ether oxygens (including phenoxy) is 1. The normalized spacial score (nSPS) is 16.6. The number of para-hydroxylation sites is 1. The molecule has 32 heavy (non-hydrogen) atoms. The van der Waals surface area contributed by atoms with Crippen molar-refractivity contribution in [3.05, 3.63) is 72.8 Å². The Labute approximate surface area is 187 Å². The van der Waals surface area contributed by atoms with Crippen molar-refractivity contribution in [1.29, 1.82) is 0 Å². The van der Waals surface area contributed by atoms with Crippen LogP contribution in [0.25, 0.3) is 10.8 Å². The van der Waals surface area contributed by atoms with Crippen LogP contribution in [0.4, 0.5) is 0 Å². The lowest BCUT2D eigenvalue weighted by atomic mass is 10.1. The Balaban J connectivity index is 1.41. The Bertz CT molecular complexity index is 1170. The Morgan fingerprint density at radius 3 is 2.28 bits per heavy atom. The third kappa shape index (κ3) is 4.77. The minimum atomic E-state index is -3.68. The Morgan fingerprint density at radius 1 is 0.906 bits per heavy atom. The summed E-state index contributed by atoms with van der Waals surface area (Å²) in [5, 5.41) is 11.3. The molecule has 0 radical (unpaired) electrons.